The third-order valence-corrected chi connectivity index (χ3v) is 6.23. The number of carbonyl (C=O) groups excluding carboxylic acids is 3. The molecule has 1 aromatic carbocycles. The number of hydrogen-bond donors (Lipinski definition) is 1. The molecule has 0 saturated carbocycles. The summed E-state index contributed by atoms with van der Waals surface area (Å²) in [5.74, 6) is -1.06. The predicted octanol–water partition coefficient (Wildman–Crippen LogP) is 6.05. The van der Waals surface area contributed by atoms with Crippen LogP contribution < -0.4 is 5.32 Å². The summed E-state index contributed by atoms with van der Waals surface area (Å²) in [4.78, 5) is 37.1. The van der Waals surface area contributed by atoms with Gasteiger partial charge in [0.25, 0.3) is 0 Å². The van der Waals surface area contributed by atoms with Crippen molar-refractivity contribution in [1.29, 1.82) is 0 Å². The van der Waals surface area contributed by atoms with Gasteiger partial charge in [0, 0.05) is 12.5 Å². The van der Waals surface area contributed by atoms with Crippen molar-refractivity contribution in [3.05, 3.63) is 35.9 Å². The van der Waals surface area contributed by atoms with Crippen molar-refractivity contribution in [2.45, 2.75) is 111 Å². The Morgan fingerprint density at radius 1 is 0.821 bits per heavy atom. The maximum absolute atomic E-state index is 13.1. The molecule has 0 aromatic heterocycles. The third kappa shape index (κ3) is 17.7. The Kier molecular flexibility index (Phi) is 13.1. The molecule has 11 nitrogen and oxygen atoms in total. The molecule has 1 amide bonds. The number of nitrogens with one attached hydrogen (secondary N) is 1. The van der Waals surface area contributed by atoms with Gasteiger partial charge in [-0.15, -0.1) is 0 Å². The van der Waals surface area contributed by atoms with Crippen LogP contribution in [-0.4, -0.2) is 47.7 Å². The first kappa shape index (κ1) is 34.6. The minimum absolute atomic E-state index is 0.0644. The molecule has 1 unspecified atom stereocenters. The minimum Gasteiger partial charge on any atom is -0.461 e. The molecule has 1 N–H and O–H groups in total. The van der Waals surface area contributed by atoms with E-state index in [0.717, 1.165) is 5.56 Å². The van der Waals surface area contributed by atoms with Crippen LogP contribution in [0.4, 0.5) is 4.79 Å². The average Bonchev–Trinajstić information content (AvgIpc) is 2.72. The zero-order valence-corrected chi connectivity index (χ0v) is 25.4. The highest BCUT2D eigenvalue weighted by molar-refractivity contribution is 7.48. The van der Waals surface area contributed by atoms with Gasteiger partial charge in [-0.3, -0.25) is 18.6 Å². The Bertz CT molecular complexity index is 957. The number of esters is 2. The largest absolute Gasteiger partial charge is 0.478 e. The third-order valence-electron chi connectivity index (χ3n) is 4.27. The van der Waals surface area contributed by atoms with Crippen LogP contribution in [0.15, 0.2) is 30.3 Å². The highest BCUT2D eigenvalue weighted by atomic mass is 31.2. The van der Waals surface area contributed by atoms with E-state index in [1.807, 2.05) is 30.3 Å². The number of amides is 1. The number of benzene rings is 1. The molecule has 12 heteroatoms. The SMILES string of the molecule is CC(C)(C)OC(=O)CC(CCC(=O)OCc1ccccc1)NC(=O)OCOP(=O)(OC(C)(C)C)OC(C)(C)C. The zero-order valence-electron chi connectivity index (χ0n) is 24.5. The van der Waals surface area contributed by atoms with Crippen molar-refractivity contribution >= 4 is 25.9 Å². The predicted molar refractivity (Wildman–Crippen MR) is 145 cm³/mol. The summed E-state index contributed by atoms with van der Waals surface area (Å²) in [7, 11) is -4.10. The molecule has 1 aromatic rings. The Labute approximate surface area is 231 Å². The van der Waals surface area contributed by atoms with Crippen molar-refractivity contribution in [1.82, 2.24) is 5.32 Å². The Morgan fingerprint density at radius 2 is 1.38 bits per heavy atom. The fourth-order valence-electron chi connectivity index (χ4n) is 3.01. The van der Waals surface area contributed by atoms with Crippen LogP contribution >= 0.6 is 7.82 Å². The summed E-state index contributed by atoms with van der Waals surface area (Å²) < 4.78 is 44.9. The smallest absolute Gasteiger partial charge is 0.461 e. The maximum Gasteiger partial charge on any atom is 0.478 e. The van der Waals surface area contributed by atoms with E-state index in [2.05, 4.69) is 5.32 Å². The molecule has 0 aliphatic heterocycles. The van der Waals surface area contributed by atoms with Crippen LogP contribution in [0.5, 0.6) is 0 Å². The molecule has 0 aliphatic carbocycles. The van der Waals surface area contributed by atoms with Crippen LogP contribution in [0, 0.1) is 0 Å². The second-order valence-electron chi connectivity index (χ2n) is 11.9. The van der Waals surface area contributed by atoms with E-state index < -0.39 is 55.5 Å². The van der Waals surface area contributed by atoms with E-state index in [1.54, 1.807) is 62.3 Å². The van der Waals surface area contributed by atoms with Crippen molar-refractivity contribution in [2.24, 2.45) is 0 Å². The van der Waals surface area contributed by atoms with Gasteiger partial charge in [0.15, 0.2) is 0 Å². The van der Waals surface area contributed by atoms with E-state index in [-0.39, 0.29) is 25.9 Å². The normalized spacial score (nSPS) is 13.4. The lowest BCUT2D eigenvalue weighted by Crippen LogP contribution is -2.39. The Morgan fingerprint density at radius 3 is 1.90 bits per heavy atom. The lowest BCUT2D eigenvalue weighted by atomic mass is 10.1. The van der Waals surface area contributed by atoms with Crippen LogP contribution in [0.25, 0.3) is 0 Å². The van der Waals surface area contributed by atoms with Crippen molar-refractivity contribution in [2.75, 3.05) is 6.79 Å². The fourth-order valence-corrected chi connectivity index (χ4v) is 4.67. The standard InChI is InChI=1S/C27H44NO10P/c1-25(2,3)36-23(30)17-21(15-16-22(29)33-18-20-13-11-10-12-14-20)28-24(31)34-19-35-39(32,37-26(4,5)6)38-27(7,8)9/h10-14,21H,15-19H2,1-9H3,(H,28,31). The quantitative estimate of drug-likeness (QED) is 0.129. The van der Waals surface area contributed by atoms with Crippen LogP contribution in [0.1, 0.15) is 87.1 Å². The minimum atomic E-state index is -4.10. The second kappa shape index (κ2) is 14.8. The van der Waals surface area contributed by atoms with E-state index >= 15 is 0 Å². The first-order valence-corrected chi connectivity index (χ1v) is 14.2. The zero-order chi connectivity index (χ0) is 29.9. The van der Waals surface area contributed by atoms with Gasteiger partial charge in [-0.05, 0) is 74.3 Å². The van der Waals surface area contributed by atoms with Gasteiger partial charge >= 0.3 is 25.9 Å². The molecule has 0 radical (unpaired) electrons. The van der Waals surface area contributed by atoms with Crippen LogP contribution in [-0.2, 0) is 48.5 Å². The Balaban J connectivity index is 2.74. The van der Waals surface area contributed by atoms with Gasteiger partial charge < -0.3 is 19.5 Å². The number of phosphoric ester groups is 1. The number of phosphoric acid groups is 1. The van der Waals surface area contributed by atoms with Gasteiger partial charge in [0.2, 0.25) is 6.79 Å². The molecule has 39 heavy (non-hydrogen) atoms. The summed E-state index contributed by atoms with van der Waals surface area (Å²) >= 11 is 0. The fraction of sp³-hybridized carbons (Fsp3) is 0.667. The first-order valence-electron chi connectivity index (χ1n) is 12.8. The lowest BCUT2D eigenvalue weighted by Gasteiger charge is -2.30. The van der Waals surface area contributed by atoms with Gasteiger partial charge in [-0.1, -0.05) is 30.3 Å². The monoisotopic (exact) mass is 573 g/mol. The van der Waals surface area contributed by atoms with Gasteiger partial charge in [0.05, 0.1) is 17.6 Å². The van der Waals surface area contributed by atoms with Crippen molar-refractivity contribution < 1.29 is 46.7 Å². The van der Waals surface area contributed by atoms with E-state index in [1.165, 1.54) is 0 Å². The van der Waals surface area contributed by atoms with Crippen LogP contribution in [0.2, 0.25) is 0 Å². The lowest BCUT2D eigenvalue weighted by molar-refractivity contribution is -0.156. The maximum atomic E-state index is 13.1. The summed E-state index contributed by atoms with van der Waals surface area (Å²) in [6, 6.07) is 8.38. The van der Waals surface area contributed by atoms with Gasteiger partial charge in [0.1, 0.15) is 12.2 Å². The van der Waals surface area contributed by atoms with Crippen LogP contribution in [0.3, 0.4) is 0 Å². The molecule has 0 aliphatic rings. The highest BCUT2D eigenvalue weighted by Gasteiger charge is 2.37. The topological polar surface area (TPSA) is 136 Å². The van der Waals surface area contributed by atoms with E-state index in [9.17, 15) is 18.9 Å². The number of ether oxygens (including phenoxy) is 3. The summed E-state index contributed by atoms with van der Waals surface area (Å²) in [6.45, 7) is 14.6. The summed E-state index contributed by atoms with van der Waals surface area (Å²) in [5, 5.41) is 2.52. The molecule has 0 heterocycles. The molecule has 222 valence electrons. The second-order valence-corrected chi connectivity index (χ2v) is 13.4. The molecule has 0 bridgehead atoms. The molecule has 1 atom stereocenters. The summed E-state index contributed by atoms with van der Waals surface area (Å²) in [6.07, 6.45) is -1.15. The summed E-state index contributed by atoms with van der Waals surface area (Å²) in [5.41, 5.74) is -1.62. The molecule has 0 saturated heterocycles. The Hall–Kier alpha value is -2.46. The highest BCUT2D eigenvalue weighted by Crippen LogP contribution is 2.55. The van der Waals surface area contributed by atoms with Gasteiger partial charge in [-0.2, -0.15) is 0 Å². The number of rotatable bonds is 13. The number of carbonyl (C=O) groups is 3. The molecule has 1 rings (SSSR count). The average molecular weight is 574 g/mol. The van der Waals surface area contributed by atoms with Crippen molar-refractivity contribution in [3.8, 4) is 0 Å². The molecular formula is C27H44NO10P. The van der Waals surface area contributed by atoms with Gasteiger partial charge in [-0.25, -0.2) is 13.9 Å². The van der Waals surface area contributed by atoms with E-state index in [4.69, 9.17) is 27.8 Å². The molecular weight excluding hydrogens is 529 g/mol. The molecule has 0 spiro atoms. The van der Waals surface area contributed by atoms with Crippen molar-refractivity contribution in [3.63, 3.8) is 0 Å². The number of hydrogen-bond acceptors (Lipinski definition) is 10. The number of alkyl carbamates (subject to hydrolysis) is 1. The first-order chi connectivity index (χ1) is 17.8. The van der Waals surface area contributed by atoms with E-state index in [0.29, 0.717) is 0 Å². The molecule has 0 fully saturated rings.